The minimum Gasteiger partial charge on any atom is -0.481 e. The quantitative estimate of drug-likeness (QED) is 0.537. The number of benzene rings is 1. The molecule has 0 spiro atoms. The third-order valence-electron chi connectivity index (χ3n) is 7.07. The zero-order valence-electron chi connectivity index (χ0n) is 18.7. The van der Waals surface area contributed by atoms with Crippen LogP contribution in [-0.2, 0) is 16.1 Å². The zero-order valence-corrected chi connectivity index (χ0v) is 18.7. The fourth-order valence-electron chi connectivity index (χ4n) is 5.07. The first-order valence-corrected chi connectivity index (χ1v) is 11.6. The second-order valence-corrected chi connectivity index (χ2v) is 9.03. The van der Waals surface area contributed by atoms with Gasteiger partial charge in [0.15, 0.2) is 0 Å². The van der Waals surface area contributed by atoms with Gasteiger partial charge in [-0.25, -0.2) is 4.98 Å². The van der Waals surface area contributed by atoms with Crippen molar-refractivity contribution in [3.05, 3.63) is 55.2 Å². The molecule has 0 amide bonds. The van der Waals surface area contributed by atoms with Crippen molar-refractivity contribution in [2.24, 2.45) is 5.41 Å². The maximum Gasteiger partial charge on any atom is 0.311 e. The molecule has 1 aromatic carbocycles. The first-order valence-electron chi connectivity index (χ1n) is 11.6. The van der Waals surface area contributed by atoms with E-state index in [1.54, 1.807) is 6.20 Å². The number of carbonyl (C=O) groups is 1. The topological polar surface area (TPSA) is 92.5 Å². The van der Waals surface area contributed by atoms with Crippen LogP contribution in [0.1, 0.15) is 37.3 Å². The molecule has 2 fully saturated rings. The maximum atomic E-state index is 12.1. The average molecular weight is 449 g/mol. The van der Waals surface area contributed by atoms with Crippen molar-refractivity contribution >= 4 is 28.6 Å². The molecule has 1 unspecified atom stereocenters. The van der Waals surface area contributed by atoms with Crippen molar-refractivity contribution in [3.63, 3.8) is 0 Å². The molecule has 2 aromatic heterocycles. The lowest BCUT2D eigenvalue weighted by molar-refractivity contribution is -0.158. The molecule has 3 aromatic rings. The van der Waals surface area contributed by atoms with Gasteiger partial charge in [0, 0.05) is 43.1 Å². The molecule has 2 N–H and O–H groups in total. The minimum absolute atomic E-state index is 0.235. The van der Waals surface area contributed by atoms with Gasteiger partial charge in [-0.05, 0) is 43.0 Å². The monoisotopic (exact) mass is 448 g/mol. The summed E-state index contributed by atoms with van der Waals surface area (Å²) in [5.74, 6) is -0.250. The number of nitrogens with zero attached hydrogens (tertiary/aromatic N) is 4. The largest absolute Gasteiger partial charge is 0.481 e. The summed E-state index contributed by atoms with van der Waals surface area (Å²) in [4.78, 5) is 23.8. The van der Waals surface area contributed by atoms with E-state index in [1.165, 1.54) is 5.56 Å². The highest BCUT2D eigenvalue weighted by Gasteiger charge is 2.51. The number of hydrogen-bond donors (Lipinski definition) is 2. The number of rotatable bonds is 8. The van der Waals surface area contributed by atoms with Crippen LogP contribution in [0.15, 0.2) is 42.7 Å². The number of nitrogens with one attached hydrogen (secondary N) is 1. The number of carboxylic acids is 1. The summed E-state index contributed by atoms with van der Waals surface area (Å²) in [7, 11) is 0. The van der Waals surface area contributed by atoms with E-state index in [2.05, 4.69) is 34.3 Å². The second-order valence-electron chi connectivity index (χ2n) is 9.03. The molecule has 0 bridgehead atoms. The molecule has 173 valence electrons. The first-order chi connectivity index (χ1) is 16.1. The van der Waals surface area contributed by atoms with Gasteiger partial charge in [-0.1, -0.05) is 25.5 Å². The minimum atomic E-state index is -0.764. The van der Waals surface area contributed by atoms with Gasteiger partial charge in [0.05, 0.1) is 24.7 Å². The molecular weight excluding hydrogens is 418 g/mol. The Morgan fingerprint density at radius 3 is 2.79 bits per heavy atom. The number of ether oxygens (including phenoxy) is 1. The lowest BCUT2D eigenvalue weighted by atomic mass is 9.63. The first kappa shape index (κ1) is 21.9. The van der Waals surface area contributed by atoms with Gasteiger partial charge in [0.2, 0.25) is 5.95 Å². The fraction of sp³-hybridized carbons (Fsp3) is 0.440. The van der Waals surface area contributed by atoms with Gasteiger partial charge in [0.25, 0.3) is 0 Å². The highest BCUT2D eigenvalue weighted by atomic mass is 16.5. The van der Waals surface area contributed by atoms with E-state index >= 15 is 0 Å². The number of fused-ring (bicyclic) bond motifs is 1. The average Bonchev–Trinajstić information content (AvgIpc) is 3.19. The van der Waals surface area contributed by atoms with Crippen molar-refractivity contribution in [1.29, 1.82) is 0 Å². The van der Waals surface area contributed by atoms with Crippen LogP contribution in [0.4, 0.5) is 11.6 Å². The van der Waals surface area contributed by atoms with E-state index in [1.807, 2.05) is 29.0 Å². The highest BCUT2D eigenvalue weighted by molar-refractivity contribution is 5.79. The van der Waals surface area contributed by atoms with E-state index in [4.69, 9.17) is 9.72 Å². The SMILES string of the molecule is [CH2]CC(n1ccc2cnc(Nc3cccc(CN4CCOCC4)c3)nc21)C1(C(=O)O)CCC1. The standard InChI is InChI=1S/C25H30N5O3/c1-2-21(25(23(31)32)8-4-9-25)30-10-7-19-16-26-24(28-22(19)30)27-20-6-3-5-18(15-20)17-29-11-13-33-14-12-29/h3,5-7,10,15-16,21H,1-2,4,8-9,11-14,17H2,(H,31,32)(H,26,27,28). The second kappa shape index (κ2) is 9.11. The molecule has 1 saturated heterocycles. The number of anilines is 2. The molecule has 2 aliphatic rings. The molecule has 1 saturated carbocycles. The molecule has 1 radical (unpaired) electrons. The summed E-state index contributed by atoms with van der Waals surface area (Å²) in [5.41, 5.74) is 2.11. The summed E-state index contributed by atoms with van der Waals surface area (Å²) in [6.07, 6.45) is 6.48. The Morgan fingerprint density at radius 1 is 1.27 bits per heavy atom. The van der Waals surface area contributed by atoms with Crippen molar-refractivity contribution in [2.45, 2.75) is 38.3 Å². The molecule has 1 atom stereocenters. The summed E-state index contributed by atoms with van der Waals surface area (Å²) in [5, 5.41) is 14.2. The molecule has 3 heterocycles. The molecule has 33 heavy (non-hydrogen) atoms. The van der Waals surface area contributed by atoms with Crippen LogP contribution in [0, 0.1) is 12.3 Å². The van der Waals surface area contributed by atoms with Gasteiger partial charge in [-0.3, -0.25) is 9.69 Å². The molecule has 1 aliphatic carbocycles. The van der Waals surface area contributed by atoms with Crippen LogP contribution in [-0.4, -0.2) is 56.8 Å². The lowest BCUT2D eigenvalue weighted by Crippen LogP contribution is -2.45. The molecule has 8 heteroatoms. The number of carboxylic acid groups (broad SMARTS) is 1. The summed E-state index contributed by atoms with van der Waals surface area (Å²) in [6, 6.07) is 9.99. The van der Waals surface area contributed by atoms with Crippen molar-refractivity contribution in [1.82, 2.24) is 19.4 Å². The number of hydrogen-bond acceptors (Lipinski definition) is 6. The van der Waals surface area contributed by atoms with Crippen LogP contribution in [0.2, 0.25) is 0 Å². The summed E-state index contributed by atoms with van der Waals surface area (Å²) >= 11 is 0. The van der Waals surface area contributed by atoms with E-state index in [0.717, 1.165) is 56.0 Å². The van der Waals surface area contributed by atoms with Crippen LogP contribution in [0.3, 0.4) is 0 Å². The van der Waals surface area contributed by atoms with Gasteiger partial charge in [-0.15, -0.1) is 0 Å². The Kier molecular flexibility index (Phi) is 6.03. The van der Waals surface area contributed by atoms with Crippen molar-refractivity contribution in [3.8, 4) is 0 Å². The molecular formula is C25H30N5O3. The molecule has 8 nitrogen and oxygen atoms in total. The van der Waals surface area contributed by atoms with E-state index in [0.29, 0.717) is 25.2 Å². The zero-order chi connectivity index (χ0) is 22.8. The predicted molar refractivity (Wildman–Crippen MR) is 126 cm³/mol. The van der Waals surface area contributed by atoms with Gasteiger partial charge in [0.1, 0.15) is 5.65 Å². The Hall–Kier alpha value is -2.97. The maximum absolute atomic E-state index is 12.1. The highest BCUT2D eigenvalue weighted by Crippen LogP contribution is 2.51. The third-order valence-corrected chi connectivity index (χ3v) is 7.07. The van der Waals surface area contributed by atoms with Crippen molar-refractivity contribution < 1.29 is 14.6 Å². The smallest absolute Gasteiger partial charge is 0.311 e. The molecule has 5 rings (SSSR count). The van der Waals surface area contributed by atoms with Gasteiger partial charge in [-0.2, -0.15) is 4.98 Å². The van der Waals surface area contributed by atoms with E-state index < -0.39 is 11.4 Å². The van der Waals surface area contributed by atoms with Crippen LogP contribution < -0.4 is 5.32 Å². The normalized spacial score (nSPS) is 19.2. The summed E-state index contributed by atoms with van der Waals surface area (Å²) in [6.45, 7) is 8.40. The number of aromatic nitrogens is 3. The van der Waals surface area contributed by atoms with E-state index in [-0.39, 0.29) is 6.04 Å². The predicted octanol–water partition coefficient (Wildman–Crippen LogP) is 4.03. The van der Waals surface area contributed by atoms with Crippen LogP contribution in [0.5, 0.6) is 0 Å². The van der Waals surface area contributed by atoms with Crippen LogP contribution >= 0.6 is 0 Å². The van der Waals surface area contributed by atoms with Gasteiger partial charge < -0.3 is 19.7 Å². The third kappa shape index (κ3) is 4.20. The Labute approximate surface area is 193 Å². The fourth-order valence-corrected chi connectivity index (χ4v) is 5.07. The Bertz CT molecular complexity index is 1130. The summed E-state index contributed by atoms with van der Waals surface area (Å²) < 4.78 is 7.42. The van der Waals surface area contributed by atoms with Gasteiger partial charge >= 0.3 is 5.97 Å². The number of aliphatic carboxylic acids is 1. The Morgan fingerprint density at radius 2 is 2.09 bits per heavy atom. The molecule has 1 aliphatic heterocycles. The number of morpholine rings is 1. The lowest BCUT2D eigenvalue weighted by Gasteiger charge is -2.44. The Balaban J connectivity index is 1.39. The van der Waals surface area contributed by atoms with Crippen LogP contribution in [0.25, 0.3) is 11.0 Å². The van der Waals surface area contributed by atoms with Crippen molar-refractivity contribution in [2.75, 3.05) is 31.6 Å². The van der Waals surface area contributed by atoms with E-state index in [9.17, 15) is 9.90 Å².